The Morgan fingerprint density at radius 3 is 2.37 bits per heavy atom. The van der Waals surface area contributed by atoms with Crippen LogP contribution in [0, 0.1) is 0 Å². The molecular formula is C23H22F2O2. The van der Waals surface area contributed by atoms with Gasteiger partial charge < -0.3 is 9.47 Å². The second-order valence-corrected chi connectivity index (χ2v) is 6.14. The Morgan fingerprint density at radius 1 is 0.963 bits per heavy atom. The maximum absolute atomic E-state index is 12.9. The van der Waals surface area contributed by atoms with Gasteiger partial charge >= 0.3 is 6.61 Å². The molecule has 27 heavy (non-hydrogen) atoms. The SMILES string of the molecule is CC=CCOc1ccc2cc(-c3ccc(CC)cc3)ccc2c1OC(F)F. The van der Waals surface area contributed by atoms with Crippen LogP contribution >= 0.6 is 0 Å². The molecule has 0 amide bonds. The Bertz CT molecular complexity index is 931. The van der Waals surface area contributed by atoms with Gasteiger partial charge in [-0.25, -0.2) is 0 Å². The largest absolute Gasteiger partial charge is 0.486 e. The van der Waals surface area contributed by atoms with Gasteiger partial charge in [0, 0.05) is 5.39 Å². The number of allylic oxidation sites excluding steroid dienone is 1. The first-order valence-corrected chi connectivity index (χ1v) is 8.97. The van der Waals surface area contributed by atoms with Crippen LogP contribution < -0.4 is 9.47 Å². The molecule has 0 fully saturated rings. The molecule has 3 aromatic carbocycles. The maximum atomic E-state index is 12.9. The number of alkyl halides is 2. The summed E-state index contributed by atoms with van der Waals surface area (Å²) >= 11 is 0. The lowest BCUT2D eigenvalue weighted by Gasteiger charge is -2.15. The summed E-state index contributed by atoms with van der Waals surface area (Å²) < 4.78 is 36.2. The van der Waals surface area contributed by atoms with E-state index in [-0.39, 0.29) is 5.75 Å². The van der Waals surface area contributed by atoms with Gasteiger partial charge in [-0.3, -0.25) is 0 Å². The summed E-state index contributed by atoms with van der Waals surface area (Å²) in [4.78, 5) is 0. The molecule has 0 aliphatic heterocycles. The van der Waals surface area contributed by atoms with E-state index >= 15 is 0 Å². The molecule has 3 rings (SSSR count). The minimum atomic E-state index is -2.92. The van der Waals surface area contributed by atoms with Gasteiger partial charge in [0.1, 0.15) is 6.61 Å². The van der Waals surface area contributed by atoms with Crippen LogP contribution in [0.2, 0.25) is 0 Å². The number of benzene rings is 3. The van der Waals surface area contributed by atoms with E-state index in [0.29, 0.717) is 17.7 Å². The Balaban J connectivity index is 2.02. The highest BCUT2D eigenvalue weighted by atomic mass is 19.3. The smallest absolute Gasteiger partial charge is 0.387 e. The number of fused-ring (bicyclic) bond motifs is 1. The van der Waals surface area contributed by atoms with E-state index in [1.165, 1.54) is 5.56 Å². The van der Waals surface area contributed by atoms with E-state index in [4.69, 9.17) is 9.47 Å². The zero-order chi connectivity index (χ0) is 19.2. The zero-order valence-corrected chi connectivity index (χ0v) is 15.4. The predicted octanol–water partition coefficient (Wildman–Crippen LogP) is 6.63. The number of hydrogen-bond acceptors (Lipinski definition) is 2. The molecule has 0 aliphatic rings. The van der Waals surface area contributed by atoms with Crippen molar-refractivity contribution in [1.82, 2.24) is 0 Å². The number of ether oxygens (including phenoxy) is 2. The molecule has 0 spiro atoms. The molecule has 0 saturated carbocycles. The standard InChI is InChI=1S/C23H22F2O2/c1-3-5-14-26-21-13-11-19-15-18(17-8-6-16(4-2)7-9-17)10-12-20(19)22(21)27-23(24)25/h3,5-13,15,23H,4,14H2,1-2H3. The first-order chi connectivity index (χ1) is 13.1. The number of aryl methyl sites for hydroxylation is 1. The molecule has 0 bridgehead atoms. The van der Waals surface area contributed by atoms with Crippen LogP contribution in [0.1, 0.15) is 19.4 Å². The molecule has 2 nitrogen and oxygen atoms in total. The summed E-state index contributed by atoms with van der Waals surface area (Å²) in [6, 6.07) is 17.6. The third kappa shape index (κ3) is 4.45. The van der Waals surface area contributed by atoms with Crippen LogP contribution in [0.5, 0.6) is 11.5 Å². The molecule has 0 aliphatic carbocycles. The summed E-state index contributed by atoms with van der Waals surface area (Å²) in [6.45, 7) is 1.37. The highest BCUT2D eigenvalue weighted by Gasteiger charge is 2.15. The second kappa shape index (κ2) is 8.67. The predicted molar refractivity (Wildman–Crippen MR) is 106 cm³/mol. The molecule has 0 atom stereocenters. The Hall–Kier alpha value is -2.88. The van der Waals surface area contributed by atoms with Gasteiger partial charge in [0.15, 0.2) is 11.5 Å². The average Bonchev–Trinajstić information content (AvgIpc) is 2.69. The van der Waals surface area contributed by atoms with E-state index < -0.39 is 6.61 Å². The first kappa shape index (κ1) is 18.9. The minimum absolute atomic E-state index is 0.0693. The van der Waals surface area contributed by atoms with Crippen LogP contribution in [0.3, 0.4) is 0 Å². The fraction of sp³-hybridized carbons (Fsp3) is 0.217. The molecule has 0 unspecified atom stereocenters. The minimum Gasteiger partial charge on any atom is -0.486 e. The highest BCUT2D eigenvalue weighted by molar-refractivity contribution is 5.93. The lowest BCUT2D eigenvalue weighted by Crippen LogP contribution is -2.05. The topological polar surface area (TPSA) is 18.5 Å². The van der Waals surface area contributed by atoms with E-state index in [0.717, 1.165) is 22.9 Å². The molecular weight excluding hydrogens is 346 g/mol. The van der Waals surface area contributed by atoms with Crippen molar-refractivity contribution in [1.29, 1.82) is 0 Å². The zero-order valence-electron chi connectivity index (χ0n) is 15.4. The molecule has 0 aromatic heterocycles. The maximum Gasteiger partial charge on any atom is 0.387 e. The van der Waals surface area contributed by atoms with Crippen LogP contribution in [0.4, 0.5) is 8.78 Å². The average molecular weight is 368 g/mol. The van der Waals surface area contributed by atoms with Gasteiger partial charge in [-0.1, -0.05) is 55.5 Å². The van der Waals surface area contributed by atoms with Gasteiger partial charge in [-0.05, 0) is 53.6 Å². The fourth-order valence-electron chi connectivity index (χ4n) is 2.95. The second-order valence-electron chi connectivity index (χ2n) is 6.14. The summed E-state index contributed by atoms with van der Waals surface area (Å²) in [6.07, 6.45) is 4.63. The van der Waals surface area contributed by atoms with Crippen LogP contribution in [-0.2, 0) is 6.42 Å². The third-order valence-electron chi connectivity index (χ3n) is 4.41. The van der Waals surface area contributed by atoms with Crippen molar-refractivity contribution in [2.24, 2.45) is 0 Å². The van der Waals surface area contributed by atoms with Crippen LogP contribution in [0.15, 0.2) is 66.7 Å². The van der Waals surface area contributed by atoms with E-state index in [1.807, 2.05) is 31.2 Å². The number of rotatable bonds is 7. The molecule has 3 aromatic rings. The Morgan fingerprint density at radius 2 is 1.70 bits per heavy atom. The molecule has 140 valence electrons. The van der Waals surface area contributed by atoms with Crippen molar-refractivity contribution < 1.29 is 18.3 Å². The van der Waals surface area contributed by atoms with Crippen molar-refractivity contribution >= 4 is 10.8 Å². The van der Waals surface area contributed by atoms with Crippen LogP contribution in [-0.4, -0.2) is 13.2 Å². The van der Waals surface area contributed by atoms with Gasteiger partial charge in [0.05, 0.1) is 0 Å². The molecule has 0 saturated heterocycles. The van der Waals surface area contributed by atoms with Crippen molar-refractivity contribution in [3.05, 3.63) is 72.3 Å². The lowest BCUT2D eigenvalue weighted by atomic mass is 9.99. The molecule has 0 N–H and O–H groups in total. The monoisotopic (exact) mass is 368 g/mol. The Labute approximate surface area is 158 Å². The number of hydrogen-bond donors (Lipinski definition) is 0. The van der Waals surface area contributed by atoms with Gasteiger partial charge in [-0.15, -0.1) is 0 Å². The normalized spacial score (nSPS) is 11.4. The van der Waals surface area contributed by atoms with Gasteiger partial charge in [-0.2, -0.15) is 8.78 Å². The van der Waals surface area contributed by atoms with Crippen molar-refractivity contribution in [3.63, 3.8) is 0 Å². The molecule has 0 radical (unpaired) electrons. The summed E-state index contributed by atoms with van der Waals surface area (Å²) in [5, 5.41) is 1.42. The van der Waals surface area contributed by atoms with Crippen molar-refractivity contribution in [3.8, 4) is 22.6 Å². The third-order valence-corrected chi connectivity index (χ3v) is 4.41. The van der Waals surface area contributed by atoms with Gasteiger partial charge in [0.25, 0.3) is 0 Å². The Kier molecular flexibility index (Phi) is 6.07. The quantitative estimate of drug-likeness (QED) is 0.436. The van der Waals surface area contributed by atoms with E-state index in [9.17, 15) is 8.78 Å². The molecule has 0 heterocycles. The molecule has 4 heteroatoms. The lowest BCUT2D eigenvalue weighted by molar-refractivity contribution is -0.0502. The van der Waals surface area contributed by atoms with E-state index in [2.05, 4.69) is 31.2 Å². The fourth-order valence-corrected chi connectivity index (χ4v) is 2.95. The number of halogens is 2. The first-order valence-electron chi connectivity index (χ1n) is 8.97. The summed E-state index contributed by atoms with van der Waals surface area (Å²) in [5.74, 6) is 0.376. The van der Waals surface area contributed by atoms with E-state index in [1.54, 1.807) is 18.2 Å². The highest BCUT2D eigenvalue weighted by Crippen LogP contribution is 2.38. The van der Waals surface area contributed by atoms with Crippen molar-refractivity contribution in [2.75, 3.05) is 6.61 Å². The summed E-state index contributed by atoms with van der Waals surface area (Å²) in [7, 11) is 0. The summed E-state index contributed by atoms with van der Waals surface area (Å²) in [5.41, 5.74) is 3.38. The van der Waals surface area contributed by atoms with Crippen LogP contribution in [0.25, 0.3) is 21.9 Å². The van der Waals surface area contributed by atoms with Crippen molar-refractivity contribution in [2.45, 2.75) is 26.9 Å². The van der Waals surface area contributed by atoms with Gasteiger partial charge in [0.2, 0.25) is 0 Å².